The highest BCUT2D eigenvalue weighted by Gasteiger charge is 2.40. The van der Waals surface area contributed by atoms with Crippen LogP contribution in [0, 0.1) is 5.41 Å². The second kappa shape index (κ2) is 9.78. The average molecular weight is 426 g/mol. The zero-order valence-corrected chi connectivity index (χ0v) is 19.0. The molecule has 0 radical (unpaired) electrons. The number of Topliss-reactive ketones (excluding diaryl/α,β-unsaturated/α-hetero) is 1. The Morgan fingerprint density at radius 2 is 1.83 bits per heavy atom. The van der Waals surface area contributed by atoms with E-state index in [2.05, 4.69) is 36.4 Å². The van der Waals surface area contributed by atoms with E-state index in [1.165, 1.54) is 33.0 Å². The summed E-state index contributed by atoms with van der Waals surface area (Å²) in [5.41, 5.74) is 0.616. The first-order chi connectivity index (χ1) is 14.3. The molecule has 0 aliphatic carbocycles. The number of nitrogens with zero attached hydrogens (tertiary/aromatic N) is 1. The zero-order chi connectivity index (χ0) is 21.7. The number of benzene rings is 2. The third-order valence-corrected chi connectivity index (χ3v) is 7.24. The van der Waals surface area contributed by atoms with Crippen LogP contribution in [0.5, 0.6) is 0 Å². The Balaban J connectivity index is 1.54. The summed E-state index contributed by atoms with van der Waals surface area (Å²) in [6, 6.07) is 14.2. The molecule has 1 fully saturated rings. The Labute approximate surface area is 183 Å². The van der Waals surface area contributed by atoms with Gasteiger partial charge in [0.15, 0.2) is 0 Å². The van der Waals surface area contributed by atoms with E-state index in [9.17, 15) is 14.4 Å². The maximum absolute atomic E-state index is 12.8. The Hall–Kier alpha value is -2.14. The molecular weight excluding hydrogens is 394 g/mol. The molecular formula is C25H31NO3S. The molecule has 1 amide bonds. The van der Waals surface area contributed by atoms with Crippen LogP contribution in [0.3, 0.4) is 0 Å². The number of amides is 1. The molecule has 0 N–H and O–H groups in total. The monoisotopic (exact) mass is 425 g/mol. The number of carbonyl (C=O) groups is 3. The third kappa shape index (κ3) is 4.94. The van der Waals surface area contributed by atoms with Crippen molar-refractivity contribution < 1.29 is 14.4 Å². The summed E-state index contributed by atoms with van der Waals surface area (Å²) < 4.78 is 0. The van der Waals surface area contributed by atoms with E-state index in [4.69, 9.17) is 0 Å². The van der Waals surface area contributed by atoms with Gasteiger partial charge in [-0.05, 0) is 48.4 Å². The minimum atomic E-state index is -0.682. The average Bonchev–Trinajstić information content (AvgIpc) is 3.25. The topological polar surface area (TPSA) is 54.5 Å². The van der Waals surface area contributed by atoms with Crippen LogP contribution in [0.4, 0.5) is 0 Å². The molecule has 3 rings (SSSR count). The summed E-state index contributed by atoms with van der Waals surface area (Å²) in [5.74, 6) is -0.158. The van der Waals surface area contributed by atoms with Crippen molar-refractivity contribution in [1.82, 2.24) is 4.90 Å². The van der Waals surface area contributed by atoms with Crippen molar-refractivity contribution in [2.75, 3.05) is 12.3 Å². The van der Waals surface area contributed by atoms with Crippen molar-refractivity contribution in [3.63, 3.8) is 0 Å². The van der Waals surface area contributed by atoms with Crippen LogP contribution in [0.1, 0.15) is 52.0 Å². The molecule has 1 heterocycles. The van der Waals surface area contributed by atoms with Crippen molar-refractivity contribution in [2.24, 2.45) is 5.41 Å². The molecule has 160 valence electrons. The summed E-state index contributed by atoms with van der Waals surface area (Å²) in [5, 5.41) is 2.51. The molecule has 1 aliphatic rings. The first kappa shape index (κ1) is 22.5. The van der Waals surface area contributed by atoms with Crippen molar-refractivity contribution >= 4 is 39.3 Å². The van der Waals surface area contributed by atoms with Gasteiger partial charge in [0, 0.05) is 17.7 Å². The second-order valence-corrected chi connectivity index (χ2v) is 9.73. The van der Waals surface area contributed by atoms with Gasteiger partial charge in [-0.2, -0.15) is 0 Å². The normalized spacial score (nSPS) is 16.8. The van der Waals surface area contributed by atoms with Crippen LogP contribution in [-0.4, -0.2) is 40.0 Å². The lowest BCUT2D eigenvalue weighted by molar-refractivity contribution is -0.150. The van der Waals surface area contributed by atoms with Crippen LogP contribution < -0.4 is 0 Å². The van der Waals surface area contributed by atoms with Gasteiger partial charge in [-0.1, -0.05) is 75.0 Å². The van der Waals surface area contributed by atoms with E-state index in [0.29, 0.717) is 19.4 Å². The van der Waals surface area contributed by atoms with Gasteiger partial charge in [-0.15, -0.1) is 0 Å². The first-order valence-corrected chi connectivity index (χ1v) is 11.8. The number of ketones is 1. The summed E-state index contributed by atoms with van der Waals surface area (Å²) >= 11 is 1.30. The number of fused-ring (bicyclic) bond motifs is 1. The quantitative estimate of drug-likeness (QED) is 0.440. The highest BCUT2D eigenvalue weighted by molar-refractivity contribution is 8.13. The summed E-state index contributed by atoms with van der Waals surface area (Å²) in [6.45, 7) is 5.99. The predicted molar refractivity (Wildman–Crippen MR) is 124 cm³/mol. The van der Waals surface area contributed by atoms with Crippen LogP contribution in [0.2, 0.25) is 0 Å². The van der Waals surface area contributed by atoms with Gasteiger partial charge in [0.2, 0.25) is 10.9 Å². The molecule has 2 aromatic rings. The van der Waals surface area contributed by atoms with E-state index in [-0.39, 0.29) is 10.9 Å². The molecule has 5 heteroatoms. The van der Waals surface area contributed by atoms with Crippen LogP contribution in [0.25, 0.3) is 10.8 Å². The fraction of sp³-hybridized carbons (Fsp3) is 0.480. The number of carbonyl (C=O) groups excluding carboxylic acids is 3. The predicted octanol–water partition coefficient (Wildman–Crippen LogP) is 5.03. The first-order valence-electron chi connectivity index (χ1n) is 10.8. The number of aryl methyl sites for hydroxylation is 1. The molecule has 1 saturated heterocycles. The van der Waals surface area contributed by atoms with Crippen molar-refractivity contribution in [3.05, 3.63) is 48.0 Å². The highest BCUT2D eigenvalue weighted by atomic mass is 32.2. The maximum atomic E-state index is 12.8. The number of hydrogen-bond acceptors (Lipinski definition) is 4. The number of rotatable bonds is 8. The molecule has 30 heavy (non-hydrogen) atoms. The second-order valence-electron chi connectivity index (χ2n) is 8.63. The minimum Gasteiger partial charge on any atom is -0.325 e. The standard InChI is InChI=1S/C25H31NO3S/c1-4-25(2,3)22(27)23(28)26-16-8-15-21(26)24(29)30-17-9-13-19-12-7-11-18-10-5-6-14-20(18)19/h5-7,10-12,14,21H,4,8-9,13,15-17H2,1-3H3/t21-/m0/s1. The molecule has 1 aliphatic heterocycles. The molecule has 1 atom stereocenters. The molecule has 2 aromatic carbocycles. The van der Waals surface area contributed by atoms with Gasteiger partial charge >= 0.3 is 0 Å². The summed E-state index contributed by atoms with van der Waals surface area (Å²) in [4.78, 5) is 39.6. The fourth-order valence-electron chi connectivity index (χ4n) is 3.88. The lowest BCUT2D eigenvalue weighted by Gasteiger charge is -2.27. The Morgan fingerprint density at radius 3 is 2.60 bits per heavy atom. The Kier molecular flexibility index (Phi) is 7.35. The van der Waals surface area contributed by atoms with Crippen molar-refractivity contribution in [1.29, 1.82) is 0 Å². The lowest BCUT2D eigenvalue weighted by atomic mass is 9.84. The smallest absolute Gasteiger partial charge is 0.291 e. The number of likely N-dealkylation sites (tertiary alicyclic amines) is 1. The van der Waals surface area contributed by atoms with E-state index in [0.717, 1.165) is 25.0 Å². The zero-order valence-electron chi connectivity index (χ0n) is 18.1. The highest BCUT2D eigenvalue weighted by Crippen LogP contribution is 2.28. The fourth-order valence-corrected chi connectivity index (χ4v) is 4.80. The van der Waals surface area contributed by atoms with Gasteiger partial charge in [-0.3, -0.25) is 14.4 Å². The number of hydrogen-bond donors (Lipinski definition) is 0. The third-order valence-electron chi connectivity index (χ3n) is 6.19. The van der Waals surface area contributed by atoms with Crippen LogP contribution >= 0.6 is 11.8 Å². The molecule has 0 spiro atoms. The molecule has 4 nitrogen and oxygen atoms in total. The van der Waals surface area contributed by atoms with Gasteiger partial charge in [0.05, 0.1) is 0 Å². The van der Waals surface area contributed by atoms with Crippen molar-refractivity contribution in [2.45, 2.75) is 58.9 Å². The molecule has 0 saturated carbocycles. The van der Waals surface area contributed by atoms with E-state index in [1.54, 1.807) is 13.8 Å². The summed E-state index contributed by atoms with van der Waals surface area (Å²) in [6.07, 6.45) is 3.84. The van der Waals surface area contributed by atoms with E-state index in [1.807, 2.05) is 13.0 Å². The van der Waals surface area contributed by atoms with Crippen LogP contribution in [0.15, 0.2) is 42.5 Å². The number of thioether (sulfide) groups is 1. The van der Waals surface area contributed by atoms with Gasteiger partial charge in [0.25, 0.3) is 5.91 Å². The van der Waals surface area contributed by atoms with Gasteiger partial charge in [-0.25, -0.2) is 0 Å². The Bertz CT molecular complexity index is 932. The molecule has 0 aromatic heterocycles. The molecule has 0 bridgehead atoms. The van der Waals surface area contributed by atoms with E-state index < -0.39 is 17.4 Å². The van der Waals surface area contributed by atoms with E-state index >= 15 is 0 Å². The van der Waals surface area contributed by atoms with Gasteiger partial charge < -0.3 is 4.90 Å². The van der Waals surface area contributed by atoms with Gasteiger partial charge in [0.1, 0.15) is 6.04 Å². The largest absolute Gasteiger partial charge is 0.325 e. The summed E-state index contributed by atoms with van der Waals surface area (Å²) in [7, 11) is 0. The molecule has 0 unspecified atom stereocenters. The van der Waals surface area contributed by atoms with Crippen molar-refractivity contribution in [3.8, 4) is 0 Å². The minimum absolute atomic E-state index is 0.0147. The SMILES string of the molecule is CCC(C)(C)C(=O)C(=O)N1CCC[C@H]1C(=O)SCCCc1cccc2ccccc12. The van der Waals surface area contributed by atoms with Crippen LogP contribution in [-0.2, 0) is 20.8 Å². The maximum Gasteiger partial charge on any atom is 0.291 e. The Morgan fingerprint density at radius 1 is 1.10 bits per heavy atom. The lowest BCUT2D eigenvalue weighted by Crippen LogP contribution is -2.47.